The summed E-state index contributed by atoms with van der Waals surface area (Å²) >= 11 is 6.48. The fourth-order valence-electron chi connectivity index (χ4n) is 5.72. The molecule has 2 aromatic carbocycles. The van der Waals surface area contributed by atoms with Gasteiger partial charge in [0.05, 0.1) is 10.6 Å². The maximum absolute atomic E-state index is 13.7. The first-order valence-electron chi connectivity index (χ1n) is 14.1. The Morgan fingerprint density at radius 1 is 0.950 bits per heavy atom. The van der Waals surface area contributed by atoms with Gasteiger partial charge in [-0.1, -0.05) is 41.9 Å². The zero-order chi connectivity index (χ0) is 28.6. The second kappa shape index (κ2) is 14.1. The number of likely N-dealkylation sites (N-methyl/N-ethyl adjacent to an activating group) is 1. The maximum atomic E-state index is 13.7. The van der Waals surface area contributed by atoms with Gasteiger partial charge in [0.2, 0.25) is 0 Å². The Morgan fingerprint density at radius 3 is 2.15 bits per heavy atom. The molecule has 0 unspecified atom stereocenters. The van der Waals surface area contributed by atoms with Gasteiger partial charge in [0, 0.05) is 45.0 Å². The lowest BCUT2D eigenvalue weighted by Gasteiger charge is -2.37. The van der Waals surface area contributed by atoms with Gasteiger partial charge in [-0.15, -0.1) is 0 Å². The van der Waals surface area contributed by atoms with E-state index in [1.54, 1.807) is 41.3 Å². The third-order valence-corrected chi connectivity index (χ3v) is 8.37. The Labute approximate surface area is 241 Å². The fraction of sp³-hybridized carbons (Fsp3) is 0.484. The predicted molar refractivity (Wildman–Crippen MR) is 157 cm³/mol. The van der Waals surface area contributed by atoms with Gasteiger partial charge in [0.25, 0.3) is 17.9 Å². The van der Waals surface area contributed by atoms with Crippen LogP contribution in [0.25, 0.3) is 5.57 Å². The van der Waals surface area contributed by atoms with Crippen molar-refractivity contribution in [2.45, 2.75) is 32.1 Å². The Hall–Kier alpha value is -2.97. The van der Waals surface area contributed by atoms with E-state index in [-0.39, 0.29) is 11.5 Å². The van der Waals surface area contributed by atoms with E-state index >= 15 is 0 Å². The molecule has 0 atom stereocenters. The van der Waals surface area contributed by atoms with Crippen LogP contribution in [0.1, 0.15) is 48.0 Å². The van der Waals surface area contributed by atoms with Crippen molar-refractivity contribution >= 4 is 34.7 Å². The van der Waals surface area contributed by atoms with Crippen molar-refractivity contribution in [3.63, 3.8) is 0 Å². The minimum absolute atomic E-state index is 0.160. The van der Waals surface area contributed by atoms with E-state index in [0.29, 0.717) is 42.1 Å². The third kappa shape index (κ3) is 7.82. The largest absolute Gasteiger partial charge is 0.371 e. The number of benzene rings is 2. The number of likely N-dealkylation sites (tertiary alicyclic amines) is 1. The highest BCUT2D eigenvalue weighted by molar-refractivity contribution is 6.34. The first-order chi connectivity index (χ1) is 19.2. The third-order valence-electron chi connectivity index (χ3n) is 8.06. The topological polar surface area (TPSA) is 55.9 Å². The molecule has 2 aromatic rings. The lowest BCUT2D eigenvalue weighted by atomic mass is 9.82. The number of carbonyl (C=O) groups is 2. The van der Waals surface area contributed by atoms with E-state index in [1.807, 2.05) is 31.1 Å². The van der Waals surface area contributed by atoms with Gasteiger partial charge in [0.15, 0.2) is 0 Å². The van der Waals surface area contributed by atoms with Crippen molar-refractivity contribution in [1.29, 1.82) is 0 Å². The van der Waals surface area contributed by atoms with Gasteiger partial charge in [-0.3, -0.25) is 9.59 Å². The van der Waals surface area contributed by atoms with E-state index in [2.05, 4.69) is 10.2 Å². The van der Waals surface area contributed by atoms with Gasteiger partial charge in [0.1, 0.15) is 5.57 Å². The van der Waals surface area contributed by atoms with Crippen LogP contribution in [-0.2, 0) is 4.79 Å². The van der Waals surface area contributed by atoms with Crippen LogP contribution in [0.4, 0.5) is 14.5 Å². The summed E-state index contributed by atoms with van der Waals surface area (Å²) in [5.41, 5.74) is 1.30. The summed E-state index contributed by atoms with van der Waals surface area (Å²) in [6, 6.07) is 13.8. The number of rotatable bonds is 9. The second-order valence-corrected chi connectivity index (χ2v) is 11.5. The highest BCUT2D eigenvalue weighted by Crippen LogP contribution is 2.34. The minimum Gasteiger partial charge on any atom is -0.371 e. The van der Waals surface area contributed by atoms with Crippen LogP contribution in [0.3, 0.4) is 0 Å². The van der Waals surface area contributed by atoms with Crippen LogP contribution >= 0.6 is 11.6 Å². The van der Waals surface area contributed by atoms with Crippen LogP contribution < -0.4 is 10.2 Å². The molecule has 1 N–H and O–H groups in total. The van der Waals surface area contributed by atoms with Crippen LogP contribution in [0, 0.1) is 11.8 Å². The normalized spacial score (nSPS) is 16.8. The molecule has 0 aliphatic carbocycles. The van der Waals surface area contributed by atoms with Gasteiger partial charge in [-0.05, 0) is 81.8 Å². The summed E-state index contributed by atoms with van der Waals surface area (Å²) in [5, 5.41) is 3.36. The first kappa shape index (κ1) is 30.0. The smallest absolute Gasteiger partial charge is 0.283 e. The molecule has 4 rings (SSSR count). The molecular weight excluding hydrogens is 534 g/mol. The predicted octanol–water partition coefficient (Wildman–Crippen LogP) is 5.78. The number of halogens is 3. The molecule has 2 saturated heterocycles. The van der Waals surface area contributed by atoms with Gasteiger partial charge in [-0.25, -0.2) is 0 Å². The molecule has 216 valence electrons. The van der Waals surface area contributed by atoms with Crippen molar-refractivity contribution in [2.24, 2.45) is 11.8 Å². The molecule has 0 bridgehead atoms. The monoisotopic (exact) mass is 572 g/mol. The summed E-state index contributed by atoms with van der Waals surface area (Å²) in [6.07, 6.45) is 2.99. The van der Waals surface area contributed by atoms with Crippen molar-refractivity contribution in [2.75, 3.05) is 58.3 Å². The summed E-state index contributed by atoms with van der Waals surface area (Å²) < 4.78 is 27.4. The molecule has 0 spiro atoms. The van der Waals surface area contributed by atoms with Crippen LogP contribution in [0.15, 0.2) is 54.6 Å². The lowest BCUT2D eigenvalue weighted by molar-refractivity contribution is -0.126. The van der Waals surface area contributed by atoms with Gasteiger partial charge < -0.3 is 20.0 Å². The van der Waals surface area contributed by atoms with E-state index in [4.69, 9.17) is 11.6 Å². The minimum atomic E-state index is -1.93. The first-order valence-corrected chi connectivity index (χ1v) is 14.5. The Balaban J connectivity index is 1.23. The molecule has 2 heterocycles. The molecule has 40 heavy (non-hydrogen) atoms. The van der Waals surface area contributed by atoms with Gasteiger partial charge >= 0.3 is 0 Å². The number of nitrogens with one attached hydrogen (secondary N) is 1. The van der Waals surface area contributed by atoms with Crippen LogP contribution in [-0.4, -0.2) is 75.0 Å². The molecule has 2 aliphatic heterocycles. The fourth-order valence-corrected chi connectivity index (χ4v) is 5.98. The highest BCUT2D eigenvalue weighted by Gasteiger charge is 2.30. The SMILES string of the molecule is CN(C)CCNC(=O)c1ccc(N2CCC(CC3CCN(C(=O)C(=C(F)F)c4ccccc4)CC3)CC2)cc1Cl. The van der Waals surface area contributed by atoms with Crippen molar-refractivity contribution in [3.8, 4) is 0 Å². The summed E-state index contributed by atoms with van der Waals surface area (Å²) in [5.74, 6) is 0.365. The van der Waals surface area contributed by atoms with E-state index in [9.17, 15) is 18.4 Å². The molecule has 9 heteroatoms. The molecule has 2 amide bonds. The molecule has 6 nitrogen and oxygen atoms in total. The highest BCUT2D eigenvalue weighted by atomic mass is 35.5. The standard InChI is InChI=1S/C31H39ClF2N4O2/c1-36(2)19-14-35-30(39)26-9-8-25(21-27(26)32)37-15-10-22(11-16-37)20-23-12-17-38(18-13-23)31(40)28(29(33)34)24-6-4-3-5-7-24/h3-9,21-23H,10-20H2,1-2H3,(H,35,39). The molecule has 2 aliphatic rings. The Bertz CT molecular complexity index is 1190. The molecule has 2 fully saturated rings. The average molecular weight is 573 g/mol. The number of carbonyl (C=O) groups excluding carboxylic acids is 2. The Morgan fingerprint density at radius 2 is 1.57 bits per heavy atom. The summed E-state index contributed by atoms with van der Waals surface area (Å²) in [4.78, 5) is 31.3. The number of piperidine rings is 2. The number of nitrogens with zero attached hydrogens (tertiary/aromatic N) is 3. The molecular formula is C31H39ClF2N4O2. The zero-order valence-electron chi connectivity index (χ0n) is 23.3. The number of hydrogen-bond donors (Lipinski definition) is 1. The maximum Gasteiger partial charge on any atom is 0.283 e. The van der Waals surface area contributed by atoms with Crippen LogP contribution in [0.2, 0.25) is 5.02 Å². The Kier molecular flexibility index (Phi) is 10.6. The van der Waals surface area contributed by atoms with Crippen molar-refractivity contribution in [3.05, 3.63) is 70.8 Å². The summed E-state index contributed by atoms with van der Waals surface area (Å²) in [6.45, 7) is 4.20. The second-order valence-electron chi connectivity index (χ2n) is 11.1. The van der Waals surface area contributed by atoms with Crippen LogP contribution in [0.5, 0.6) is 0 Å². The van der Waals surface area contributed by atoms with Crippen molar-refractivity contribution < 1.29 is 18.4 Å². The molecule has 0 radical (unpaired) electrons. The quantitative estimate of drug-likeness (QED) is 0.387. The summed E-state index contributed by atoms with van der Waals surface area (Å²) in [7, 11) is 3.92. The number of anilines is 1. The van der Waals surface area contributed by atoms with Crippen molar-refractivity contribution in [1.82, 2.24) is 15.1 Å². The number of amides is 2. The zero-order valence-corrected chi connectivity index (χ0v) is 24.1. The van der Waals surface area contributed by atoms with E-state index in [0.717, 1.165) is 57.4 Å². The molecule has 0 aromatic heterocycles. The molecule has 0 saturated carbocycles. The van der Waals surface area contributed by atoms with E-state index in [1.165, 1.54) is 0 Å². The number of hydrogen-bond acceptors (Lipinski definition) is 4. The van der Waals surface area contributed by atoms with Gasteiger partial charge in [-0.2, -0.15) is 8.78 Å². The average Bonchev–Trinajstić information content (AvgIpc) is 2.94. The van der Waals surface area contributed by atoms with E-state index < -0.39 is 17.6 Å². The lowest BCUT2D eigenvalue weighted by Crippen LogP contribution is -2.40.